The van der Waals surface area contributed by atoms with Gasteiger partial charge in [-0.25, -0.2) is 4.79 Å². The fraction of sp³-hybridized carbons (Fsp3) is 0.588. The SMILES string of the molecule is CC(C)(C)[C@H]1CN(C(=O)O)CC[C@](CO)(c2ccc(Cl)c(Cl)c2)O1. The lowest BCUT2D eigenvalue weighted by Crippen LogP contribution is -2.44. The largest absolute Gasteiger partial charge is 0.465 e. The molecule has 1 fully saturated rings. The molecule has 1 saturated heterocycles. The second-order valence-electron chi connectivity index (χ2n) is 7.23. The maximum Gasteiger partial charge on any atom is 0.407 e. The Morgan fingerprint density at radius 3 is 2.54 bits per heavy atom. The van der Waals surface area contributed by atoms with Gasteiger partial charge in [0.25, 0.3) is 0 Å². The third kappa shape index (κ3) is 3.97. The maximum atomic E-state index is 11.5. The fourth-order valence-corrected chi connectivity index (χ4v) is 3.10. The molecule has 7 heteroatoms. The zero-order valence-corrected chi connectivity index (χ0v) is 15.6. The van der Waals surface area contributed by atoms with Crippen molar-refractivity contribution in [2.45, 2.75) is 38.9 Å². The third-order valence-electron chi connectivity index (χ3n) is 4.48. The molecule has 1 amide bonds. The van der Waals surface area contributed by atoms with E-state index in [4.69, 9.17) is 27.9 Å². The predicted octanol–water partition coefficient (Wildman–Crippen LogP) is 4.00. The molecule has 5 nitrogen and oxygen atoms in total. The smallest absolute Gasteiger partial charge is 0.407 e. The molecule has 1 heterocycles. The Hall–Kier alpha value is -1.01. The van der Waals surface area contributed by atoms with Gasteiger partial charge in [-0.3, -0.25) is 0 Å². The number of hydrogen-bond donors (Lipinski definition) is 2. The molecule has 1 aromatic rings. The first kappa shape index (κ1) is 19.3. The Morgan fingerprint density at radius 2 is 2.04 bits per heavy atom. The van der Waals surface area contributed by atoms with E-state index in [1.54, 1.807) is 18.2 Å². The second kappa shape index (κ2) is 7.08. The molecule has 0 aliphatic carbocycles. The van der Waals surface area contributed by atoms with Gasteiger partial charge in [0.05, 0.1) is 29.3 Å². The summed E-state index contributed by atoms with van der Waals surface area (Å²) in [5.41, 5.74) is -0.619. The van der Waals surface area contributed by atoms with Crippen LogP contribution in [0.4, 0.5) is 4.79 Å². The number of amides is 1. The summed E-state index contributed by atoms with van der Waals surface area (Å²) in [7, 11) is 0. The molecular weight excluding hydrogens is 353 g/mol. The number of aliphatic hydroxyl groups is 1. The number of ether oxygens (including phenoxy) is 1. The monoisotopic (exact) mass is 375 g/mol. The van der Waals surface area contributed by atoms with E-state index in [1.165, 1.54) is 4.90 Å². The van der Waals surface area contributed by atoms with Crippen molar-refractivity contribution >= 4 is 29.3 Å². The average Bonchev–Trinajstić information content (AvgIpc) is 2.70. The van der Waals surface area contributed by atoms with E-state index in [-0.39, 0.29) is 31.2 Å². The van der Waals surface area contributed by atoms with Gasteiger partial charge in [-0.05, 0) is 23.1 Å². The number of hydrogen-bond acceptors (Lipinski definition) is 3. The van der Waals surface area contributed by atoms with Crippen molar-refractivity contribution in [3.8, 4) is 0 Å². The molecule has 1 aliphatic heterocycles. The minimum Gasteiger partial charge on any atom is -0.465 e. The first-order valence-electron chi connectivity index (χ1n) is 7.81. The lowest BCUT2D eigenvalue weighted by molar-refractivity contribution is -0.150. The van der Waals surface area contributed by atoms with Crippen LogP contribution in [0.25, 0.3) is 0 Å². The van der Waals surface area contributed by atoms with Gasteiger partial charge in [0.2, 0.25) is 0 Å². The first-order valence-corrected chi connectivity index (χ1v) is 8.57. The zero-order valence-electron chi connectivity index (χ0n) is 14.1. The second-order valence-corrected chi connectivity index (χ2v) is 8.05. The molecule has 0 unspecified atom stereocenters. The summed E-state index contributed by atoms with van der Waals surface area (Å²) in [4.78, 5) is 12.8. The zero-order chi connectivity index (χ0) is 18.1. The van der Waals surface area contributed by atoms with Crippen LogP contribution in [-0.2, 0) is 10.3 Å². The summed E-state index contributed by atoms with van der Waals surface area (Å²) in [5, 5.41) is 20.3. The van der Waals surface area contributed by atoms with Crippen LogP contribution in [0.3, 0.4) is 0 Å². The molecule has 0 spiro atoms. The normalized spacial score (nSPS) is 25.4. The Balaban J connectivity index is 2.47. The van der Waals surface area contributed by atoms with Crippen molar-refractivity contribution in [1.82, 2.24) is 4.90 Å². The van der Waals surface area contributed by atoms with Gasteiger partial charge in [-0.1, -0.05) is 50.0 Å². The van der Waals surface area contributed by atoms with Gasteiger partial charge in [0.1, 0.15) is 5.60 Å². The number of carbonyl (C=O) groups is 1. The van der Waals surface area contributed by atoms with Gasteiger partial charge in [-0.15, -0.1) is 0 Å². The van der Waals surface area contributed by atoms with E-state index in [1.807, 2.05) is 20.8 Å². The van der Waals surface area contributed by atoms with Gasteiger partial charge in [-0.2, -0.15) is 0 Å². The Labute approximate surface area is 152 Å². The van der Waals surface area contributed by atoms with E-state index in [9.17, 15) is 15.0 Å². The van der Waals surface area contributed by atoms with Crippen molar-refractivity contribution in [1.29, 1.82) is 0 Å². The molecule has 0 saturated carbocycles. The van der Waals surface area contributed by atoms with Crippen LogP contribution < -0.4 is 0 Å². The molecule has 2 rings (SSSR count). The number of nitrogens with zero attached hydrogens (tertiary/aromatic N) is 1. The average molecular weight is 376 g/mol. The van der Waals surface area contributed by atoms with Crippen molar-refractivity contribution in [2.24, 2.45) is 5.41 Å². The lowest BCUT2D eigenvalue weighted by Gasteiger charge is -2.39. The topological polar surface area (TPSA) is 70.0 Å². The summed E-state index contributed by atoms with van der Waals surface area (Å²) >= 11 is 12.1. The van der Waals surface area contributed by atoms with E-state index >= 15 is 0 Å². The number of aliphatic hydroxyl groups excluding tert-OH is 1. The Bertz CT molecular complexity index is 617. The molecular formula is C17H23Cl2NO4. The lowest BCUT2D eigenvalue weighted by atomic mass is 9.86. The molecule has 0 bridgehead atoms. The Morgan fingerprint density at radius 1 is 1.38 bits per heavy atom. The van der Waals surface area contributed by atoms with Crippen molar-refractivity contribution in [2.75, 3.05) is 19.7 Å². The molecule has 2 N–H and O–H groups in total. The highest BCUT2D eigenvalue weighted by molar-refractivity contribution is 6.42. The summed E-state index contributed by atoms with van der Waals surface area (Å²) in [5.74, 6) is 0. The summed E-state index contributed by atoms with van der Waals surface area (Å²) in [6, 6.07) is 5.10. The highest BCUT2D eigenvalue weighted by atomic mass is 35.5. The van der Waals surface area contributed by atoms with E-state index in [0.717, 1.165) is 0 Å². The van der Waals surface area contributed by atoms with E-state index < -0.39 is 11.7 Å². The number of benzene rings is 1. The predicted molar refractivity (Wildman–Crippen MR) is 93.8 cm³/mol. The van der Waals surface area contributed by atoms with Crippen LogP contribution in [0.2, 0.25) is 10.0 Å². The van der Waals surface area contributed by atoms with Crippen LogP contribution in [-0.4, -0.2) is 47.0 Å². The molecule has 24 heavy (non-hydrogen) atoms. The van der Waals surface area contributed by atoms with Crippen molar-refractivity contribution in [3.63, 3.8) is 0 Å². The van der Waals surface area contributed by atoms with Gasteiger partial charge in [0.15, 0.2) is 0 Å². The van der Waals surface area contributed by atoms with Crippen LogP contribution in [0.5, 0.6) is 0 Å². The van der Waals surface area contributed by atoms with Gasteiger partial charge >= 0.3 is 6.09 Å². The molecule has 2 atom stereocenters. The number of rotatable bonds is 2. The van der Waals surface area contributed by atoms with Gasteiger partial charge in [0, 0.05) is 13.0 Å². The highest BCUT2D eigenvalue weighted by Gasteiger charge is 2.43. The minimum atomic E-state index is -1.02. The van der Waals surface area contributed by atoms with Gasteiger partial charge < -0.3 is 19.8 Å². The standard InChI is InChI=1S/C17H23Cl2NO4/c1-16(2,3)14-9-20(15(22)23)7-6-17(10-21,24-14)11-4-5-12(18)13(19)8-11/h4-5,8,14,21H,6-7,9-10H2,1-3H3,(H,22,23)/t14-,17+/m1/s1. The maximum absolute atomic E-state index is 11.5. The number of halogens is 2. The summed E-state index contributed by atoms with van der Waals surface area (Å²) in [6.07, 6.45) is -1.03. The quantitative estimate of drug-likeness (QED) is 0.819. The van der Waals surface area contributed by atoms with Crippen LogP contribution in [0.15, 0.2) is 18.2 Å². The van der Waals surface area contributed by atoms with Crippen LogP contribution >= 0.6 is 23.2 Å². The van der Waals surface area contributed by atoms with E-state index in [0.29, 0.717) is 22.0 Å². The van der Waals surface area contributed by atoms with Crippen LogP contribution in [0, 0.1) is 5.41 Å². The molecule has 1 aliphatic rings. The summed E-state index contributed by atoms with van der Waals surface area (Å²) < 4.78 is 6.32. The molecule has 0 aromatic heterocycles. The molecule has 0 radical (unpaired) electrons. The first-order chi connectivity index (χ1) is 11.1. The minimum absolute atomic E-state index is 0.252. The summed E-state index contributed by atoms with van der Waals surface area (Å²) in [6.45, 7) is 6.20. The van der Waals surface area contributed by atoms with E-state index in [2.05, 4.69) is 0 Å². The molecule has 134 valence electrons. The van der Waals surface area contributed by atoms with Crippen molar-refractivity contribution in [3.05, 3.63) is 33.8 Å². The highest BCUT2D eigenvalue weighted by Crippen LogP contribution is 2.39. The third-order valence-corrected chi connectivity index (χ3v) is 5.22. The number of carboxylic acid groups (broad SMARTS) is 1. The molecule has 1 aromatic carbocycles. The van der Waals surface area contributed by atoms with Crippen molar-refractivity contribution < 1.29 is 19.7 Å². The fourth-order valence-electron chi connectivity index (χ4n) is 2.80. The van der Waals surface area contributed by atoms with Crippen LogP contribution in [0.1, 0.15) is 32.8 Å². The Kier molecular flexibility index (Phi) is 5.70.